The quantitative estimate of drug-likeness (QED) is 0.391. The molecule has 3 aromatic carbocycles. The Balaban J connectivity index is 1.88. The summed E-state index contributed by atoms with van der Waals surface area (Å²) in [4.78, 5) is 3.35. The van der Waals surface area contributed by atoms with Gasteiger partial charge in [-0.2, -0.15) is 13.2 Å². The number of halogens is 3. The predicted octanol–water partition coefficient (Wildman–Crippen LogP) is 6.29. The minimum atomic E-state index is -4.36. The van der Waals surface area contributed by atoms with Crippen molar-refractivity contribution in [2.45, 2.75) is 25.4 Å². The van der Waals surface area contributed by atoms with Crippen molar-refractivity contribution in [3.05, 3.63) is 71.8 Å². The first-order chi connectivity index (χ1) is 13.5. The lowest BCUT2D eigenvalue weighted by Crippen LogP contribution is -2.04. The largest absolute Gasteiger partial charge is 0.416 e. The highest BCUT2D eigenvalue weighted by Gasteiger charge is 2.31. The van der Waals surface area contributed by atoms with Gasteiger partial charge in [-0.15, -0.1) is 0 Å². The average molecular weight is 382 g/mol. The second kappa shape index (κ2) is 7.32. The minimum absolute atomic E-state index is 0.571. The second-order valence-electron chi connectivity index (χ2n) is 7.04. The molecule has 0 aliphatic carbocycles. The van der Waals surface area contributed by atoms with Gasteiger partial charge in [0, 0.05) is 16.6 Å². The number of aryl methyl sites for hydroxylation is 1. The molecule has 0 fully saturated rings. The smallest absolute Gasteiger partial charge is 0.354 e. The Morgan fingerprint density at radius 3 is 2.39 bits per heavy atom. The van der Waals surface area contributed by atoms with Crippen molar-refractivity contribution in [3.8, 4) is 11.3 Å². The van der Waals surface area contributed by atoms with Gasteiger partial charge in [0.25, 0.3) is 0 Å². The molecule has 0 saturated heterocycles. The molecule has 0 spiro atoms. The highest BCUT2D eigenvalue weighted by atomic mass is 19.4. The topological polar surface area (TPSA) is 41.8 Å². The molecule has 2 nitrogen and oxygen atoms in total. The first kappa shape index (κ1) is 18.6. The van der Waals surface area contributed by atoms with Crippen LogP contribution in [0.15, 0.2) is 60.7 Å². The summed E-state index contributed by atoms with van der Waals surface area (Å²) in [5, 5.41) is 2.86. The molecule has 0 radical (unpaired) electrons. The van der Waals surface area contributed by atoms with E-state index in [-0.39, 0.29) is 0 Å². The van der Waals surface area contributed by atoms with Gasteiger partial charge in [0.2, 0.25) is 0 Å². The molecule has 0 aliphatic heterocycles. The molecule has 0 aliphatic rings. The second-order valence-corrected chi connectivity index (χ2v) is 7.04. The summed E-state index contributed by atoms with van der Waals surface area (Å²) >= 11 is 0. The highest BCUT2D eigenvalue weighted by Crippen LogP contribution is 2.37. The van der Waals surface area contributed by atoms with E-state index in [2.05, 4.69) is 11.1 Å². The van der Waals surface area contributed by atoms with Gasteiger partial charge in [0.15, 0.2) is 0 Å². The van der Waals surface area contributed by atoms with E-state index < -0.39 is 11.7 Å². The number of nitrogens with two attached hydrogens (primary N) is 1. The van der Waals surface area contributed by atoms with Gasteiger partial charge in [0.1, 0.15) is 0 Å². The fraction of sp³-hybridized carbons (Fsp3) is 0.217. The summed E-state index contributed by atoms with van der Waals surface area (Å²) < 4.78 is 39.7. The predicted molar refractivity (Wildman–Crippen MR) is 108 cm³/mol. The van der Waals surface area contributed by atoms with Crippen molar-refractivity contribution in [3.63, 3.8) is 0 Å². The standard InChI is InChI=1S/C23H21F3N2/c24-23(25,26)18-10-11-21-20(14-18)19(7-3-4-12-27)22(28-21)17-9-8-15-5-1-2-6-16(15)13-17/h1-2,5-6,8-11,13-14,28H,3-4,7,12,27H2. The van der Waals surface area contributed by atoms with E-state index in [0.717, 1.165) is 52.0 Å². The summed E-state index contributed by atoms with van der Waals surface area (Å²) in [6.07, 6.45) is -2.01. The Hall–Kier alpha value is -2.79. The normalized spacial score (nSPS) is 12.1. The van der Waals surface area contributed by atoms with Gasteiger partial charge in [-0.3, -0.25) is 0 Å². The van der Waals surface area contributed by atoms with Crippen molar-refractivity contribution < 1.29 is 13.2 Å². The van der Waals surface area contributed by atoms with Crippen LogP contribution in [0, 0.1) is 0 Å². The van der Waals surface area contributed by atoms with Crippen LogP contribution in [-0.4, -0.2) is 11.5 Å². The third kappa shape index (κ3) is 3.50. The summed E-state index contributed by atoms with van der Waals surface area (Å²) in [5.41, 5.74) is 8.50. The molecule has 0 bridgehead atoms. The zero-order valence-corrected chi connectivity index (χ0v) is 15.3. The zero-order valence-electron chi connectivity index (χ0n) is 15.3. The van der Waals surface area contributed by atoms with E-state index in [9.17, 15) is 13.2 Å². The fourth-order valence-corrected chi connectivity index (χ4v) is 3.72. The Morgan fingerprint density at radius 2 is 1.64 bits per heavy atom. The molecule has 144 valence electrons. The summed E-state index contributed by atoms with van der Waals surface area (Å²) in [6, 6.07) is 18.1. The monoisotopic (exact) mass is 382 g/mol. The minimum Gasteiger partial charge on any atom is -0.354 e. The summed E-state index contributed by atoms with van der Waals surface area (Å²) in [6.45, 7) is 0.571. The van der Waals surface area contributed by atoms with Crippen molar-refractivity contribution in [2.24, 2.45) is 5.73 Å². The number of rotatable bonds is 5. The van der Waals surface area contributed by atoms with E-state index in [4.69, 9.17) is 5.73 Å². The van der Waals surface area contributed by atoms with Crippen LogP contribution in [0.5, 0.6) is 0 Å². The maximum Gasteiger partial charge on any atom is 0.416 e. The van der Waals surface area contributed by atoms with Gasteiger partial charge >= 0.3 is 6.18 Å². The SMILES string of the molecule is NCCCCc1c(-c2ccc3ccccc3c2)[nH]c2ccc(C(F)(F)F)cc12. The van der Waals surface area contributed by atoms with Crippen LogP contribution >= 0.6 is 0 Å². The van der Waals surface area contributed by atoms with E-state index >= 15 is 0 Å². The van der Waals surface area contributed by atoms with Crippen molar-refractivity contribution in [1.82, 2.24) is 4.98 Å². The number of hydrogen-bond donors (Lipinski definition) is 2. The molecular weight excluding hydrogens is 361 g/mol. The van der Waals surface area contributed by atoms with Crippen LogP contribution in [0.25, 0.3) is 32.9 Å². The molecule has 0 saturated carbocycles. The molecule has 0 atom stereocenters. The first-order valence-electron chi connectivity index (χ1n) is 9.38. The lowest BCUT2D eigenvalue weighted by atomic mass is 9.97. The summed E-state index contributed by atoms with van der Waals surface area (Å²) in [5.74, 6) is 0. The molecule has 1 heterocycles. The lowest BCUT2D eigenvalue weighted by Gasteiger charge is -2.08. The number of unbranched alkanes of at least 4 members (excludes halogenated alkanes) is 1. The number of H-pyrrole nitrogens is 1. The van der Waals surface area contributed by atoms with Crippen LogP contribution in [0.3, 0.4) is 0 Å². The number of hydrogen-bond acceptors (Lipinski definition) is 1. The molecule has 5 heteroatoms. The van der Waals surface area contributed by atoms with Crippen LogP contribution in [0.4, 0.5) is 13.2 Å². The van der Waals surface area contributed by atoms with E-state index in [1.54, 1.807) is 0 Å². The Kier molecular flexibility index (Phi) is 4.85. The van der Waals surface area contributed by atoms with Crippen LogP contribution in [0.2, 0.25) is 0 Å². The number of aromatic amines is 1. The fourth-order valence-electron chi connectivity index (χ4n) is 3.72. The maximum absolute atomic E-state index is 13.2. The molecule has 4 aromatic rings. The average Bonchev–Trinajstić information content (AvgIpc) is 3.05. The van der Waals surface area contributed by atoms with Crippen molar-refractivity contribution in [1.29, 1.82) is 0 Å². The van der Waals surface area contributed by atoms with Crippen molar-refractivity contribution >= 4 is 21.7 Å². The van der Waals surface area contributed by atoms with Gasteiger partial charge in [-0.1, -0.05) is 36.4 Å². The van der Waals surface area contributed by atoms with Crippen molar-refractivity contribution in [2.75, 3.05) is 6.54 Å². The highest BCUT2D eigenvalue weighted by molar-refractivity contribution is 5.94. The molecule has 1 aromatic heterocycles. The van der Waals surface area contributed by atoms with Crippen LogP contribution in [0.1, 0.15) is 24.0 Å². The van der Waals surface area contributed by atoms with Crippen LogP contribution in [-0.2, 0) is 12.6 Å². The molecule has 4 rings (SSSR count). The Morgan fingerprint density at radius 1 is 0.857 bits per heavy atom. The van der Waals surface area contributed by atoms with Gasteiger partial charge < -0.3 is 10.7 Å². The maximum atomic E-state index is 13.2. The molecular formula is C23H21F3N2. The van der Waals surface area contributed by atoms with E-state index in [0.29, 0.717) is 18.4 Å². The van der Waals surface area contributed by atoms with Gasteiger partial charge in [-0.25, -0.2) is 0 Å². The van der Waals surface area contributed by atoms with E-state index in [1.807, 2.05) is 36.4 Å². The van der Waals surface area contributed by atoms with Gasteiger partial charge in [-0.05, 0) is 72.0 Å². The Labute approximate surface area is 161 Å². The molecule has 3 N–H and O–H groups in total. The first-order valence-corrected chi connectivity index (χ1v) is 9.38. The third-order valence-electron chi connectivity index (χ3n) is 5.15. The molecule has 28 heavy (non-hydrogen) atoms. The number of nitrogens with one attached hydrogen (secondary N) is 1. The molecule has 0 unspecified atom stereocenters. The third-order valence-corrected chi connectivity index (χ3v) is 5.15. The Bertz CT molecular complexity index is 1130. The van der Waals surface area contributed by atoms with E-state index in [1.165, 1.54) is 12.1 Å². The number of fused-ring (bicyclic) bond motifs is 2. The lowest BCUT2D eigenvalue weighted by molar-refractivity contribution is -0.137. The molecule has 0 amide bonds. The van der Waals surface area contributed by atoms with Crippen LogP contribution < -0.4 is 5.73 Å². The summed E-state index contributed by atoms with van der Waals surface area (Å²) in [7, 11) is 0. The number of benzene rings is 3. The van der Waals surface area contributed by atoms with Gasteiger partial charge in [0.05, 0.1) is 5.56 Å². The number of alkyl halides is 3. The zero-order chi connectivity index (χ0) is 19.7. The number of aromatic nitrogens is 1.